The summed E-state index contributed by atoms with van der Waals surface area (Å²) < 4.78 is 11.9. The van der Waals surface area contributed by atoms with E-state index in [-0.39, 0.29) is 12.2 Å². The van der Waals surface area contributed by atoms with Crippen LogP contribution in [-0.2, 0) is 9.16 Å². The highest BCUT2D eigenvalue weighted by molar-refractivity contribution is 6.29. The van der Waals surface area contributed by atoms with Crippen LogP contribution in [0, 0.1) is 0 Å². The molecule has 0 aliphatic carbocycles. The van der Waals surface area contributed by atoms with E-state index in [0.29, 0.717) is 15.3 Å². The van der Waals surface area contributed by atoms with Gasteiger partial charge in [-0.15, -0.1) is 0 Å². The van der Waals surface area contributed by atoms with E-state index < -0.39 is 0 Å². The van der Waals surface area contributed by atoms with Crippen LogP contribution < -0.4 is 0 Å². The van der Waals surface area contributed by atoms with Crippen LogP contribution in [0.5, 0.6) is 0 Å². The molecule has 0 saturated carbocycles. The Morgan fingerprint density at radius 1 is 1.24 bits per heavy atom. The quantitative estimate of drug-likeness (QED) is 0.564. The van der Waals surface area contributed by atoms with Gasteiger partial charge in [-0.1, -0.05) is 51.1 Å². The zero-order valence-electron chi connectivity index (χ0n) is 13.8. The lowest BCUT2D eigenvalue weighted by molar-refractivity contribution is 0.0642. The third-order valence-electron chi connectivity index (χ3n) is 3.69. The average Bonchev–Trinajstić information content (AvgIpc) is 2.52. The molecule has 1 aromatic rings. The summed E-state index contributed by atoms with van der Waals surface area (Å²) in [5, 5.41) is 0. The molecule has 1 rings (SSSR count). The molecule has 3 atom stereocenters. The number of hydrogen-bond donors (Lipinski definition) is 0. The molecule has 116 valence electrons. The number of ether oxygens (including phenoxy) is 1. The van der Waals surface area contributed by atoms with Crippen molar-refractivity contribution in [1.82, 2.24) is 0 Å². The summed E-state index contributed by atoms with van der Waals surface area (Å²) in [6.07, 6.45) is 4.36. The van der Waals surface area contributed by atoms with Gasteiger partial charge in [0, 0.05) is 12.1 Å². The molecule has 0 N–H and O–H groups in total. The van der Waals surface area contributed by atoms with Gasteiger partial charge < -0.3 is 9.16 Å². The molecule has 21 heavy (non-hydrogen) atoms. The fourth-order valence-electron chi connectivity index (χ4n) is 2.33. The molecule has 3 heteroatoms. The van der Waals surface area contributed by atoms with Gasteiger partial charge in [-0.2, -0.15) is 0 Å². The number of benzene rings is 1. The van der Waals surface area contributed by atoms with Crippen LogP contribution in [0.2, 0.25) is 5.54 Å². The zero-order valence-corrected chi connectivity index (χ0v) is 14.8. The minimum Gasteiger partial charge on any atom is -0.410 e. The van der Waals surface area contributed by atoms with Crippen LogP contribution in [0.3, 0.4) is 0 Å². The summed E-state index contributed by atoms with van der Waals surface area (Å²) >= 11 is 0. The van der Waals surface area contributed by atoms with Crippen LogP contribution in [-0.4, -0.2) is 22.5 Å². The van der Waals surface area contributed by atoms with Gasteiger partial charge in [0.2, 0.25) is 9.76 Å². The van der Waals surface area contributed by atoms with Gasteiger partial charge in [-0.25, -0.2) is 0 Å². The minimum absolute atomic E-state index is 0.158. The standard InChI is InChI=1S/C18H28O2Si/c1-6-15-11-10-12-16(13-15)17(7-2)20-21-18(8-3)14(5)19-9-4/h6,10-14,17-18H,1,7-9H2,2-5H3. The molecule has 2 radical (unpaired) electrons. The summed E-state index contributed by atoms with van der Waals surface area (Å²) in [5.74, 6) is 0. The van der Waals surface area contributed by atoms with Crippen LogP contribution in [0.4, 0.5) is 0 Å². The number of hydrogen-bond acceptors (Lipinski definition) is 2. The monoisotopic (exact) mass is 304 g/mol. The van der Waals surface area contributed by atoms with Crippen molar-refractivity contribution in [3.05, 3.63) is 42.0 Å². The Morgan fingerprint density at radius 2 is 2.00 bits per heavy atom. The average molecular weight is 305 g/mol. The predicted octanol–water partition coefficient (Wildman–Crippen LogP) is 5.04. The Balaban J connectivity index is 2.66. The van der Waals surface area contributed by atoms with E-state index in [1.807, 2.05) is 13.0 Å². The fourth-order valence-corrected chi connectivity index (χ4v) is 3.43. The van der Waals surface area contributed by atoms with Gasteiger partial charge in [0.05, 0.1) is 12.2 Å². The molecule has 0 heterocycles. The molecule has 1 aromatic carbocycles. The molecule has 0 bridgehead atoms. The molecule has 2 nitrogen and oxygen atoms in total. The van der Waals surface area contributed by atoms with E-state index in [1.54, 1.807) is 0 Å². The van der Waals surface area contributed by atoms with Crippen molar-refractivity contribution in [1.29, 1.82) is 0 Å². The molecule has 0 aromatic heterocycles. The molecule has 0 spiro atoms. The van der Waals surface area contributed by atoms with Crippen molar-refractivity contribution < 1.29 is 9.16 Å². The second-order valence-corrected chi connectivity index (χ2v) is 6.40. The molecule has 0 fully saturated rings. The van der Waals surface area contributed by atoms with Crippen molar-refractivity contribution >= 4 is 15.8 Å². The fraction of sp³-hybridized carbons (Fsp3) is 0.556. The van der Waals surface area contributed by atoms with Crippen molar-refractivity contribution in [3.63, 3.8) is 0 Å². The van der Waals surface area contributed by atoms with Crippen LogP contribution in [0.15, 0.2) is 30.8 Å². The lowest BCUT2D eigenvalue weighted by Crippen LogP contribution is -2.23. The maximum absolute atomic E-state index is 6.21. The Morgan fingerprint density at radius 3 is 2.57 bits per heavy atom. The van der Waals surface area contributed by atoms with E-state index >= 15 is 0 Å². The lowest BCUT2D eigenvalue weighted by atomic mass is 10.0. The largest absolute Gasteiger partial charge is 0.410 e. The normalized spacial score (nSPS) is 15.4. The second kappa shape index (κ2) is 9.93. The molecule has 0 amide bonds. The maximum Gasteiger partial charge on any atom is 0.236 e. The van der Waals surface area contributed by atoms with Crippen molar-refractivity contribution in [3.8, 4) is 0 Å². The molecular weight excluding hydrogens is 276 g/mol. The van der Waals surface area contributed by atoms with Gasteiger partial charge in [0.25, 0.3) is 0 Å². The van der Waals surface area contributed by atoms with Crippen LogP contribution >= 0.6 is 0 Å². The van der Waals surface area contributed by atoms with E-state index in [1.165, 1.54) is 5.56 Å². The number of rotatable bonds is 10. The smallest absolute Gasteiger partial charge is 0.236 e. The molecule has 0 aliphatic heterocycles. The lowest BCUT2D eigenvalue weighted by Gasteiger charge is -2.24. The van der Waals surface area contributed by atoms with E-state index in [9.17, 15) is 0 Å². The van der Waals surface area contributed by atoms with Gasteiger partial charge >= 0.3 is 0 Å². The Bertz CT molecular complexity index is 419. The molecule has 3 unspecified atom stereocenters. The summed E-state index contributed by atoms with van der Waals surface area (Å²) in [5.41, 5.74) is 2.86. The van der Waals surface area contributed by atoms with E-state index in [2.05, 4.69) is 51.6 Å². The Kier molecular flexibility index (Phi) is 8.58. The first-order chi connectivity index (χ1) is 10.2. The molecule has 0 aliphatic rings. The van der Waals surface area contributed by atoms with E-state index in [4.69, 9.17) is 9.16 Å². The third kappa shape index (κ3) is 5.77. The van der Waals surface area contributed by atoms with Crippen molar-refractivity contribution in [2.45, 2.75) is 58.3 Å². The van der Waals surface area contributed by atoms with Crippen molar-refractivity contribution in [2.75, 3.05) is 6.61 Å². The second-order valence-electron chi connectivity index (χ2n) is 5.18. The van der Waals surface area contributed by atoms with Gasteiger partial charge in [0.15, 0.2) is 0 Å². The predicted molar refractivity (Wildman–Crippen MR) is 91.5 cm³/mol. The van der Waals surface area contributed by atoms with E-state index in [0.717, 1.165) is 25.0 Å². The zero-order chi connectivity index (χ0) is 15.7. The Labute approximate surface area is 132 Å². The van der Waals surface area contributed by atoms with Crippen LogP contribution in [0.25, 0.3) is 6.08 Å². The topological polar surface area (TPSA) is 18.5 Å². The third-order valence-corrected chi connectivity index (χ3v) is 5.29. The summed E-state index contributed by atoms with van der Waals surface area (Å²) in [6, 6.07) is 8.44. The minimum atomic E-state index is 0.158. The van der Waals surface area contributed by atoms with Gasteiger partial charge in [0.1, 0.15) is 0 Å². The van der Waals surface area contributed by atoms with Crippen LogP contribution in [0.1, 0.15) is 57.8 Å². The first-order valence-corrected chi connectivity index (χ1v) is 8.89. The maximum atomic E-state index is 6.21. The highest BCUT2D eigenvalue weighted by Crippen LogP contribution is 2.25. The highest BCUT2D eigenvalue weighted by Gasteiger charge is 2.20. The highest BCUT2D eigenvalue weighted by atomic mass is 28.2. The van der Waals surface area contributed by atoms with Gasteiger partial charge in [-0.3, -0.25) is 0 Å². The Hall–Kier alpha value is -0.903. The molecule has 0 saturated heterocycles. The summed E-state index contributed by atoms with van der Waals surface area (Å²) in [4.78, 5) is 0. The first kappa shape index (κ1) is 18.1. The van der Waals surface area contributed by atoms with Gasteiger partial charge in [-0.05, 0) is 37.5 Å². The summed E-state index contributed by atoms with van der Waals surface area (Å²) in [6.45, 7) is 13.2. The first-order valence-electron chi connectivity index (χ1n) is 7.91. The van der Waals surface area contributed by atoms with Crippen molar-refractivity contribution in [2.24, 2.45) is 0 Å². The molecular formula is C18H28O2Si. The SMILES string of the molecule is C=Cc1cccc(C(CC)O[Si]C(CC)C(C)OCC)c1. The summed E-state index contributed by atoms with van der Waals surface area (Å²) in [7, 11) is 0.473.